The molecule has 0 aliphatic rings. The third-order valence-corrected chi connectivity index (χ3v) is 5.40. The summed E-state index contributed by atoms with van der Waals surface area (Å²) >= 11 is 11.8. The van der Waals surface area contributed by atoms with Gasteiger partial charge in [-0.25, -0.2) is 8.42 Å². The SMILES string of the molecule is O=S(=O)(CCCc1ccccc1)Cc1ccc(Cl)cc1Cl. The average Bonchev–Trinajstić information content (AvgIpc) is 2.43. The standard InChI is InChI=1S/C16H16Cl2O2S/c17-15-9-8-14(16(18)11-15)12-21(19,20)10-4-7-13-5-2-1-3-6-13/h1-3,5-6,8-9,11H,4,7,10,12H2. The summed E-state index contributed by atoms with van der Waals surface area (Å²) in [5.41, 5.74) is 1.75. The third kappa shape index (κ3) is 5.34. The van der Waals surface area contributed by atoms with Crippen molar-refractivity contribution in [1.29, 1.82) is 0 Å². The largest absolute Gasteiger partial charge is 0.228 e. The Balaban J connectivity index is 1.93. The van der Waals surface area contributed by atoms with Crippen LogP contribution in [0, 0.1) is 0 Å². The Kier molecular flexibility index (Phi) is 5.68. The molecule has 0 atom stereocenters. The van der Waals surface area contributed by atoms with Crippen LogP contribution in [0.1, 0.15) is 17.5 Å². The Bertz CT molecular complexity index is 697. The molecule has 0 saturated heterocycles. The Labute approximate surface area is 135 Å². The molecule has 0 heterocycles. The fourth-order valence-corrected chi connectivity index (χ4v) is 4.10. The van der Waals surface area contributed by atoms with Crippen molar-refractivity contribution >= 4 is 33.0 Å². The van der Waals surface area contributed by atoms with Crippen LogP contribution in [-0.4, -0.2) is 14.2 Å². The normalized spacial score (nSPS) is 11.5. The predicted molar refractivity (Wildman–Crippen MR) is 88.7 cm³/mol. The van der Waals surface area contributed by atoms with Crippen LogP contribution >= 0.6 is 23.2 Å². The maximum atomic E-state index is 12.1. The number of halogens is 2. The molecular formula is C16H16Cl2O2S. The number of benzene rings is 2. The first kappa shape index (κ1) is 16.3. The summed E-state index contributed by atoms with van der Waals surface area (Å²) in [6.07, 6.45) is 1.37. The van der Waals surface area contributed by atoms with Crippen molar-refractivity contribution in [3.8, 4) is 0 Å². The Morgan fingerprint density at radius 1 is 0.952 bits per heavy atom. The lowest BCUT2D eigenvalue weighted by Crippen LogP contribution is -2.10. The van der Waals surface area contributed by atoms with Crippen molar-refractivity contribution in [1.82, 2.24) is 0 Å². The van der Waals surface area contributed by atoms with E-state index in [0.717, 1.165) is 12.0 Å². The van der Waals surface area contributed by atoms with Gasteiger partial charge in [-0.3, -0.25) is 0 Å². The quantitative estimate of drug-likeness (QED) is 0.772. The van der Waals surface area contributed by atoms with Crippen molar-refractivity contribution in [3.63, 3.8) is 0 Å². The summed E-state index contributed by atoms with van der Waals surface area (Å²) in [6, 6.07) is 14.8. The van der Waals surface area contributed by atoms with Crippen LogP contribution in [0.15, 0.2) is 48.5 Å². The van der Waals surface area contributed by atoms with Gasteiger partial charge in [-0.05, 0) is 36.1 Å². The first-order valence-corrected chi connectivity index (χ1v) is 9.22. The summed E-state index contributed by atoms with van der Waals surface area (Å²) in [5.74, 6) is 0.110. The lowest BCUT2D eigenvalue weighted by Gasteiger charge is -2.07. The number of sulfone groups is 1. The van der Waals surface area contributed by atoms with Gasteiger partial charge in [0.15, 0.2) is 9.84 Å². The van der Waals surface area contributed by atoms with E-state index in [1.54, 1.807) is 18.2 Å². The first-order chi connectivity index (χ1) is 9.96. The molecule has 5 heteroatoms. The molecule has 0 aromatic heterocycles. The molecule has 0 aliphatic carbocycles. The molecule has 0 N–H and O–H groups in total. The monoisotopic (exact) mass is 342 g/mol. The molecule has 2 aromatic rings. The Morgan fingerprint density at radius 3 is 2.33 bits per heavy atom. The smallest absolute Gasteiger partial charge is 0.154 e. The second-order valence-electron chi connectivity index (χ2n) is 4.92. The zero-order valence-electron chi connectivity index (χ0n) is 11.4. The van der Waals surface area contributed by atoms with Gasteiger partial charge >= 0.3 is 0 Å². The van der Waals surface area contributed by atoms with Crippen LogP contribution in [-0.2, 0) is 22.0 Å². The Hall–Kier alpha value is -1.03. The van der Waals surface area contributed by atoms with Gasteiger partial charge in [-0.2, -0.15) is 0 Å². The minimum absolute atomic E-state index is 0.0439. The highest BCUT2D eigenvalue weighted by Crippen LogP contribution is 2.23. The predicted octanol–water partition coefficient (Wildman–Crippen LogP) is 4.54. The van der Waals surface area contributed by atoms with Crippen LogP contribution in [0.3, 0.4) is 0 Å². The summed E-state index contributed by atoms with van der Waals surface area (Å²) in [5, 5.41) is 0.902. The number of hydrogen-bond acceptors (Lipinski definition) is 2. The molecule has 0 bridgehead atoms. The molecule has 0 aliphatic heterocycles. The topological polar surface area (TPSA) is 34.1 Å². The summed E-state index contributed by atoms with van der Waals surface area (Å²) in [4.78, 5) is 0. The summed E-state index contributed by atoms with van der Waals surface area (Å²) in [6.45, 7) is 0. The second-order valence-corrected chi connectivity index (χ2v) is 7.94. The zero-order valence-corrected chi connectivity index (χ0v) is 13.8. The average molecular weight is 343 g/mol. The molecule has 112 valence electrons. The van der Waals surface area contributed by atoms with E-state index in [0.29, 0.717) is 22.0 Å². The fourth-order valence-electron chi connectivity index (χ4n) is 2.09. The van der Waals surface area contributed by atoms with Gasteiger partial charge < -0.3 is 0 Å². The van der Waals surface area contributed by atoms with Crippen LogP contribution in [0.4, 0.5) is 0 Å². The minimum atomic E-state index is -3.17. The maximum Gasteiger partial charge on any atom is 0.154 e. The van der Waals surface area contributed by atoms with Crippen molar-refractivity contribution in [2.45, 2.75) is 18.6 Å². The minimum Gasteiger partial charge on any atom is -0.228 e. The van der Waals surface area contributed by atoms with E-state index in [9.17, 15) is 8.42 Å². The Morgan fingerprint density at radius 2 is 1.67 bits per heavy atom. The van der Waals surface area contributed by atoms with Crippen LogP contribution < -0.4 is 0 Å². The number of hydrogen-bond donors (Lipinski definition) is 0. The lowest BCUT2D eigenvalue weighted by atomic mass is 10.1. The summed E-state index contributed by atoms with van der Waals surface area (Å²) in [7, 11) is -3.17. The first-order valence-electron chi connectivity index (χ1n) is 6.64. The van der Waals surface area contributed by atoms with Crippen molar-refractivity contribution in [2.75, 3.05) is 5.75 Å². The van der Waals surface area contributed by atoms with Crippen molar-refractivity contribution in [2.24, 2.45) is 0 Å². The van der Waals surface area contributed by atoms with Gasteiger partial charge in [0.25, 0.3) is 0 Å². The molecule has 0 saturated carbocycles. The van der Waals surface area contributed by atoms with Crippen LogP contribution in [0.2, 0.25) is 10.0 Å². The molecule has 0 radical (unpaired) electrons. The van der Waals surface area contributed by atoms with E-state index < -0.39 is 9.84 Å². The molecular weight excluding hydrogens is 327 g/mol. The maximum absolute atomic E-state index is 12.1. The van der Waals surface area contributed by atoms with Crippen molar-refractivity contribution < 1.29 is 8.42 Å². The van der Waals surface area contributed by atoms with Crippen LogP contribution in [0.25, 0.3) is 0 Å². The van der Waals surface area contributed by atoms with E-state index in [1.165, 1.54) is 0 Å². The van der Waals surface area contributed by atoms with E-state index in [-0.39, 0.29) is 11.5 Å². The summed E-state index contributed by atoms with van der Waals surface area (Å²) < 4.78 is 24.3. The highest BCUT2D eigenvalue weighted by Gasteiger charge is 2.14. The molecule has 0 spiro atoms. The van der Waals surface area contributed by atoms with Gasteiger partial charge in [0.2, 0.25) is 0 Å². The van der Waals surface area contributed by atoms with Crippen LogP contribution in [0.5, 0.6) is 0 Å². The fraction of sp³-hybridized carbons (Fsp3) is 0.250. The van der Waals surface area contributed by atoms with Crippen molar-refractivity contribution in [3.05, 3.63) is 69.7 Å². The molecule has 2 aromatic carbocycles. The third-order valence-electron chi connectivity index (χ3n) is 3.15. The lowest BCUT2D eigenvalue weighted by molar-refractivity contribution is 0.592. The molecule has 21 heavy (non-hydrogen) atoms. The van der Waals surface area contributed by atoms with Gasteiger partial charge in [0.05, 0.1) is 11.5 Å². The number of aryl methyl sites for hydroxylation is 1. The molecule has 2 rings (SSSR count). The van der Waals surface area contributed by atoms with Gasteiger partial charge in [0.1, 0.15) is 0 Å². The highest BCUT2D eigenvalue weighted by molar-refractivity contribution is 7.90. The van der Waals surface area contributed by atoms with E-state index in [4.69, 9.17) is 23.2 Å². The zero-order chi connectivity index (χ0) is 15.3. The number of rotatable bonds is 6. The molecule has 0 unspecified atom stereocenters. The van der Waals surface area contributed by atoms with E-state index in [2.05, 4.69) is 0 Å². The molecule has 2 nitrogen and oxygen atoms in total. The second kappa shape index (κ2) is 7.30. The van der Waals surface area contributed by atoms with Gasteiger partial charge in [-0.15, -0.1) is 0 Å². The van der Waals surface area contributed by atoms with E-state index >= 15 is 0 Å². The van der Waals surface area contributed by atoms with Gasteiger partial charge in [0, 0.05) is 10.0 Å². The highest BCUT2D eigenvalue weighted by atomic mass is 35.5. The van der Waals surface area contributed by atoms with E-state index in [1.807, 2.05) is 30.3 Å². The molecule has 0 fully saturated rings. The van der Waals surface area contributed by atoms with Gasteiger partial charge in [-0.1, -0.05) is 59.6 Å². The molecule has 0 amide bonds.